The summed E-state index contributed by atoms with van der Waals surface area (Å²) >= 11 is 6.54. The van der Waals surface area contributed by atoms with Crippen LogP contribution in [0.3, 0.4) is 0 Å². The highest BCUT2D eigenvalue weighted by Crippen LogP contribution is 2.44. The van der Waals surface area contributed by atoms with Gasteiger partial charge in [0.05, 0.1) is 36.1 Å². The first kappa shape index (κ1) is 31.2. The number of aromatic nitrogens is 4. The van der Waals surface area contributed by atoms with Crippen LogP contribution in [0.1, 0.15) is 54.4 Å². The van der Waals surface area contributed by atoms with Gasteiger partial charge < -0.3 is 19.5 Å². The Morgan fingerprint density at radius 2 is 2.06 bits per heavy atom. The second-order valence-corrected chi connectivity index (χ2v) is 12.8. The molecule has 7 rings (SSSR count). The number of carbonyl (C=O) groups excluding carboxylic acids is 1. The molecule has 5 heterocycles. The van der Waals surface area contributed by atoms with Gasteiger partial charge in [0, 0.05) is 58.8 Å². The summed E-state index contributed by atoms with van der Waals surface area (Å²) in [6.07, 6.45) is 4.80. The van der Waals surface area contributed by atoms with Gasteiger partial charge in [-0.3, -0.25) is 14.8 Å². The van der Waals surface area contributed by atoms with Gasteiger partial charge in [-0.1, -0.05) is 23.7 Å². The maximum Gasteiger partial charge on any atom is 0.249 e. The van der Waals surface area contributed by atoms with Crippen molar-refractivity contribution in [3.05, 3.63) is 76.1 Å². The number of aryl methyl sites for hydroxylation is 2. The number of nitrogens with one attached hydrogen (secondary N) is 1. The van der Waals surface area contributed by atoms with Crippen LogP contribution in [-0.4, -0.2) is 63.2 Å². The third-order valence-electron chi connectivity index (χ3n) is 9.51. The Balaban J connectivity index is 1.61. The molecule has 0 spiro atoms. The van der Waals surface area contributed by atoms with Gasteiger partial charge in [-0.2, -0.15) is 5.26 Å². The van der Waals surface area contributed by atoms with E-state index in [9.17, 15) is 10.1 Å². The van der Waals surface area contributed by atoms with Crippen molar-refractivity contribution in [2.24, 2.45) is 0 Å². The first-order valence-electron chi connectivity index (χ1n) is 16.0. The van der Waals surface area contributed by atoms with Crippen molar-refractivity contribution in [3.63, 3.8) is 0 Å². The molecular weight excluding hydrogens is 617 g/mol. The first-order valence-corrected chi connectivity index (χ1v) is 16.4. The highest BCUT2D eigenvalue weighted by Gasteiger charge is 2.33. The SMILES string of the molecule is Cc1cnc(-c2nc3c(F)c(-c4cccc(Cl)c4C)c(CCC#N)cc3c3c2cc(C(C)N2CCOCC2=O)n3C2CCNC2)cn1. The number of carbonyl (C=O) groups is 1. The lowest BCUT2D eigenvalue weighted by Gasteiger charge is -2.34. The van der Waals surface area contributed by atoms with E-state index in [-0.39, 0.29) is 36.5 Å². The van der Waals surface area contributed by atoms with Gasteiger partial charge in [-0.25, -0.2) is 9.37 Å². The monoisotopic (exact) mass is 651 g/mol. The third kappa shape index (κ3) is 5.42. The van der Waals surface area contributed by atoms with Gasteiger partial charge in [0.25, 0.3) is 0 Å². The van der Waals surface area contributed by atoms with E-state index in [1.165, 1.54) is 0 Å². The molecule has 0 radical (unpaired) electrons. The van der Waals surface area contributed by atoms with Crippen molar-refractivity contribution in [2.75, 3.05) is 32.8 Å². The minimum Gasteiger partial charge on any atom is -0.370 e. The summed E-state index contributed by atoms with van der Waals surface area (Å²) < 4.78 is 25.1. The van der Waals surface area contributed by atoms with Crippen LogP contribution in [0.5, 0.6) is 0 Å². The van der Waals surface area contributed by atoms with Gasteiger partial charge in [-0.05, 0) is 75.0 Å². The topological polar surface area (TPSA) is 109 Å². The van der Waals surface area contributed by atoms with Gasteiger partial charge in [0.15, 0.2) is 5.82 Å². The lowest BCUT2D eigenvalue weighted by atomic mass is 9.91. The predicted molar refractivity (Wildman–Crippen MR) is 180 cm³/mol. The molecule has 2 aromatic carbocycles. The molecule has 5 aromatic rings. The quantitative estimate of drug-likeness (QED) is 0.210. The lowest BCUT2D eigenvalue weighted by molar-refractivity contribution is -0.145. The minimum absolute atomic E-state index is 0.0450. The molecule has 2 saturated heterocycles. The average molecular weight is 652 g/mol. The highest BCUT2D eigenvalue weighted by molar-refractivity contribution is 6.31. The van der Waals surface area contributed by atoms with Gasteiger partial charge in [0.1, 0.15) is 23.5 Å². The Morgan fingerprint density at radius 1 is 1.21 bits per heavy atom. The van der Waals surface area contributed by atoms with Crippen LogP contribution < -0.4 is 5.32 Å². The zero-order valence-corrected chi connectivity index (χ0v) is 27.4. The predicted octanol–water partition coefficient (Wildman–Crippen LogP) is 6.63. The van der Waals surface area contributed by atoms with Crippen molar-refractivity contribution in [1.29, 1.82) is 5.26 Å². The van der Waals surface area contributed by atoms with Crippen LogP contribution in [0.25, 0.3) is 44.3 Å². The molecule has 2 fully saturated rings. The molecule has 1 N–H and O–H groups in total. The molecular formula is C36H35ClFN7O2. The summed E-state index contributed by atoms with van der Waals surface area (Å²) in [7, 11) is 0. The molecule has 2 unspecified atom stereocenters. The number of ether oxygens (including phenoxy) is 1. The van der Waals surface area contributed by atoms with Crippen LogP contribution in [0, 0.1) is 31.0 Å². The first-order chi connectivity index (χ1) is 22.8. The standard InChI is InChI=1S/C36H35ClFN7O2/c1-20-16-42-29(18-41-20)34-27-15-30(22(3)44-12-13-47-19-31(44)46)45(24-9-11-40-17-24)36(27)26-14-23(6-5-10-39)32(33(38)35(26)43-34)25-7-4-8-28(37)21(25)2/h4,7-8,14-16,18,22,24,40H,5-6,9,11-13,17,19H2,1-3H3. The van der Waals surface area contributed by atoms with E-state index in [0.717, 1.165) is 47.4 Å². The number of halogens is 2. The van der Waals surface area contributed by atoms with Gasteiger partial charge in [0.2, 0.25) is 5.91 Å². The number of pyridine rings is 1. The minimum atomic E-state index is -0.473. The molecule has 240 valence electrons. The number of rotatable bonds is 7. The Morgan fingerprint density at radius 3 is 2.79 bits per heavy atom. The molecule has 1 amide bonds. The summed E-state index contributed by atoms with van der Waals surface area (Å²) in [4.78, 5) is 29.1. The summed E-state index contributed by atoms with van der Waals surface area (Å²) in [5.41, 5.74) is 6.30. The number of nitrogens with zero attached hydrogens (tertiary/aromatic N) is 6. The zero-order chi connectivity index (χ0) is 32.8. The molecule has 0 bridgehead atoms. The maximum atomic E-state index is 17.3. The van der Waals surface area contributed by atoms with Crippen LogP contribution in [-0.2, 0) is 16.0 Å². The smallest absolute Gasteiger partial charge is 0.249 e. The van der Waals surface area contributed by atoms with Crippen LogP contribution in [0.2, 0.25) is 5.02 Å². The number of fused-ring (bicyclic) bond motifs is 3. The summed E-state index contributed by atoms with van der Waals surface area (Å²) in [5.74, 6) is -0.539. The van der Waals surface area contributed by atoms with Crippen LogP contribution >= 0.6 is 11.6 Å². The highest BCUT2D eigenvalue weighted by atomic mass is 35.5. The molecule has 3 aromatic heterocycles. The van der Waals surface area contributed by atoms with E-state index < -0.39 is 5.82 Å². The van der Waals surface area contributed by atoms with E-state index in [0.29, 0.717) is 58.1 Å². The molecule has 2 atom stereocenters. The molecule has 11 heteroatoms. The van der Waals surface area contributed by atoms with E-state index in [1.807, 2.05) is 43.9 Å². The van der Waals surface area contributed by atoms with Crippen LogP contribution in [0.4, 0.5) is 4.39 Å². The van der Waals surface area contributed by atoms with Crippen molar-refractivity contribution in [1.82, 2.24) is 29.7 Å². The summed E-state index contributed by atoms with van der Waals surface area (Å²) in [5, 5.41) is 15.1. The zero-order valence-electron chi connectivity index (χ0n) is 26.6. The Hall–Kier alpha value is -4.43. The number of hydrogen-bond acceptors (Lipinski definition) is 7. The molecule has 0 aliphatic carbocycles. The summed E-state index contributed by atoms with van der Waals surface area (Å²) in [6.45, 7) is 8.34. The van der Waals surface area contributed by atoms with Crippen molar-refractivity contribution in [2.45, 2.75) is 52.1 Å². The molecule has 2 aliphatic heterocycles. The second kappa shape index (κ2) is 12.6. The number of morpholine rings is 1. The fourth-order valence-electron chi connectivity index (χ4n) is 7.10. The third-order valence-corrected chi connectivity index (χ3v) is 9.92. The van der Waals surface area contributed by atoms with E-state index in [1.54, 1.807) is 18.5 Å². The maximum absolute atomic E-state index is 17.3. The number of hydrogen-bond donors (Lipinski definition) is 1. The van der Waals surface area contributed by atoms with Gasteiger partial charge in [-0.15, -0.1) is 0 Å². The summed E-state index contributed by atoms with van der Waals surface area (Å²) in [6, 6.07) is 11.6. The largest absolute Gasteiger partial charge is 0.370 e. The molecule has 0 saturated carbocycles. The fraction of sp³-hybridized carbons (Fsp3) is 0.361. The van der Waals surface area contributed by atoms with Crippen LogP contribution in [0.15, 0.2) is 42.7 Å². The lowest BCUT2D eigenvalue weighted by Crippen LogP contribution is -2.43. The van der Waals surface area contributed by atoms with E-state index >= 15 is 4.39 Å². The van der Waals surface area contributed by atoms with E-state index in [4.69, 9.17) is 21.3 Å². The Labute approximate surface area is 277 Å². The van der Waals surface area contributed by atoms with Crippen molar-refractivity contribution < 1.29 is 13.9 Å². The Kier molecular flexibility index (Phi) is 8.39. The van der Waals surface area contributed by atoms with E-state index in [2.05, 4.69) is 32.0 Å². The normalized spacial score (nSPS) is 17.5. The van der Waals surface area contributed by atoms with Crippen molar-refractivity contribution >= 4 is 39.3 Å². The molecule has 2 aliphatic rings. The Bertz CT molecular complexity index is 2070. The number of amides is 1. The van der Waals surface area contributed by atoms with Crippen molar-refractivity contribution in [3.8, 4) is 28.6 Å². The average Bonchev–Trinajstić information content (AvgIpc) is 3.74. The fourth-order valence-corrected chi connectivity index (χ4v) is 7.27. The molecule has 9 nitrogen and oxygen atoms in total. The number of nitriles is 1. The van der Waals surface area contributed by atoms with Gasteiger partial charge >= 0.3 is 0 Å². The molecule has 47 heavy (non-hydrogen) atoms. The number of benzene rings is 2. The second-order valence-electron chi connectivity index (χ2n) is 12.4.